The third-order valence-corrected chi connectivity index (χ3v) is 3.23. The van der Waals surface area contributed by atoms with Crippen LogP contribution in [0.5, 0.6) is 0 Å². The predicted octanol–water partition coefficient (Wildman–Crippen LogP) is 1.62. The molecule has 2 rings (SSSR count). The van der Waals surface area contributed by atoms with Gasteiger partial charge < -0.3 is 5.73 Å². The molecule has 4 heteroatoms. The van der Waals surface area contributed by atoms with E-state index in [2.05, 4.69) is 4.90 Å². The highest BCUT2D eigenvalue weighted by molar-refractivity contribution is 5.34. The molecule has 1 aromatic carbocycles. The second kappa shape index (κ2) is 5.26. The highest BCUT2D eigenvalue weighted by atomic mass is 19.1. The standard InChI is InChI=1S/C13H16FN3/c14-13-10(8-15)2-1-3-11(13)9-17-6-4-12(16)5-7-17/h1-3,12H,4-7,9,16H2. The Bertz CT molecular complexity index is 431. The molecule has 1 fully saturated rings. The van der Waals surface area contributed by atoms with E-state index in [-0.39, 0.29) is 17.4 Å². The molecule has 17 heavy (non-hydrogen) atoms. The summed E-state index contributed by atoms with van der Waals surface area (Å²) < 4.78 is 13.8. The maximum absolute atomic E-state index is 13.8. The van der Waals surface area contributed by atoms with E-state index >= 15 is 0 Å². The molecule has 0 radical (unpaired) electrons. The van der Waals surface area contributed by atoms with Crippen LogP contribution in [0.2, 0.25) is 0 Å². The van der Waals surface area contributed by atoms with Crippen LogP contribution in [-0.4, -0.2) is 24.0 Å². The molecule has 0 bridgehead atoms. The molecular weight excluding hydrogens is 217 g/mol. The van der Waals surface area contributed by atoms with Crippen LogP contribution in [-0.2, 0) is 6.54 Å². The number of hydrogen-bond donors (Lipinski definition) is 1. The van der Waals surface area contributed by atoms with E-state index in [1.165, 1.54) is 6.07 Å². The molecule has 3 nitrogen and oxygen atoms in total. The number of nitrogens with two attached hydrogens (primary N) is 1. The molecule has 0 atom stereocenters. The van der Waals surface area contributed by atoms with Gasteiger partial charge in [-0.1, -0.05) is 12.1 Å². The van der Waals surface area contributed by atoms with Crippen molar-refractivity contribution in [1.29, 1.82) is 5.26 Å². The lowest BCUT2D eigenvalue weighted by Gasteiger charge is -2.30. The number of nitriles is 1. The van der Waals surface area contributed by atoms with Crippen LogP contribution >= 0.6 is 0 Å². The van der Waals surface area contributed by atoms with Gasteiger partial charge in [0.15, 0.2) is 0 Å². The Balaban J connectivity index is 2.06. The zero-order valence-electron chi connectivity index (χ0n) is 9.69. The fourth-order valence-electron chi connectivity index (χ4n) is 2.14. The molecule has 0 aliphatic carbocycles. The largest absolute Gasteiger partial charge is 0.328 e. The molecule has 0 amide bonds. The summed E-state index contributed by atoms with van der Waals surface area (Å²) in [5.41, 5.74) is 6.54. The Hall–Kier alpha value is -1.44. The van der Waals surface area contributed by atoms with Crippen LogP contribution in [0.15, 0.2) is 18.2 Å². The van der Waals surface area contributed by atoms with E-state index in [0.29, 0.717) is 12.1 Å². The fraction of sp³-hybridized carbons (Fsp3) is 0.462. The first-order valence-electron chi connectivity index (χ1n) is 5.86. The van der Waals surface area contributed by atoms with E-state index < -0.39 is 0 Å². The number of nitrogens with zero attached hydrogens (tertiary/aromatic N) is 2. The molecule has 90 valence electrons. The molecule has 1 aromatic rings. The Morgan fingerprint density at radius 1 is 1.41 bits per heavy atom. The van der Waals surface area contributed by atoms with Gasteiger partial charge >= 0.3 is 0 Å². The lowest BCUT2D eigenvalue weighted by Crippen LogP contribution is -2.39. The van der Waals surface area contributed by atoms with Gasteiger partial charge in [0.2, 0.25) is 0 Å². The van der Waals surface area contributed by atoms with Crippen LogP contribution in [0.25, 0.3) is 0 Å². The molecule has 1 aliphatic heterocycles. The Morgan fingerprint density at radius 3 is 2.76 bits per heavy atom. The van der Waals surface area contributed by atoms with Gasteiger partial charge in [0, 0.05) is 18.2 Å². The van der Waals surface area contributed by atoms with Crippen LogP contribution in [0, 0.1) is 17.1 Å². The summed E-state index contributed by atoms with van der Waals surface area (Å²) in [4.78, 5) is 2.18. The van der Waals surface area contributed by atoms with Crippen LogP contribution in [0.1, 0.15) is 24.0 Å². The topological polar surface area (TPSA) is 53.0 Å². The number of piperidine rings is 1. The van der Waals surface area contributed by atoms with Crippen molar-refractivity contribution in [3.8, 4) is 6.07 Å². The van der Waals surface area contributed by atoms with E-state index in [4.69, 9.17) is 11.0 Å². The highest BCUT2D eigenvalue weighted by Gasteiger charge is 2.17. The van der Waals surface area contributed by atoms with E-state index in [0.717, 1.165) is 25.9 Å². The Kier molecular flexibility index (Phi) is 3.72. The zero-order valence-corrected chi connectivity index (χ0v) is 9.69. The van der Waals surface area contributed by atoms with Crippen molar-refractivity contribution in [3.63, 3.8) is 0 Å². The molecule has 0 saturated carbocycles. The summed E-state index contributed by atoms with van der Waals surface area (Å²) in [7, 11) is 0. The third kappa shape index (κ3) is 2.82. The van der Waals surface area contributed by atoms with Gasteiger partial charge in [-0.3, -0.25) is 4.90 Å². The monoisotopic (exact) mass is 233 g/mol. The van der Waals surface area contributed by atoms with Crippen molar-refractivity contribution in [3.05, 3.63) is 35.1 Å². The highest BCUT2D eigenvalue weighted by Crippen LogP contribution is 2.17. The van der Waals surface area contributed by atoms with Crippen molar-refractivity contribution in [2.24, 2.45) is 5.73 Å². The van der Waals surface area contributed by atoms with E-state index in [9.17, 15) is 4.39 Å². The molecule has 1 heterocycles. The molecule has 1 saturated heterocycles. The van der Waals surface area contributed by atoms with Gasteiger partial charge in [-0.15, -0.1) is 0 Å². The van der Waals surface area contributed by atoms with Crippen molar-refractivity contribution < 1.29 is 4.39 Å². The van der Waals surface area contributed by atoms with Gasteiger partial charge in [-0.25, -0.2) is 4.39 Å². The normalized spacial score (nSPS) is 17.9. The molecule has 1 aliphatic rings. The number of hydrogen-bond acceptors (Lipinski definition) is 3. The summed E-state index contributed by atoms with van der Waals surface area (Å²) in [6.07, 6.45) is 1.92. The van der Waals surface area contributed by atoms with Crippen molar-refractivity contribution in [1.82, 2.24) is 4.90 Å². The summed E-state index contributed by atoms with van der Waals surface area (Å²) >= 11 is 0. The van der Waals surface area contributed by atoms with Crippen molar-refractivity contribution >= 4 is 0 Å². The maximum atomic E-state index is 13.8. The van der Waals surface area contributed by atoms with Crippen molar-refractivity contribution in [2.75, 3.05) is 13.1 Å². The molecular formula is C13H16FN3. The maximum Gasteiger partial charge on any atom is 0.145 e. The predicted molar refractivity (Wildman–Crippen MR) is 63.6 cm³/mol. The number of rotatable bonds is 2. The molecule has 0 unspecified atom stereocenters. The number of likely N-dealkylation sites (tertiary alicyclic amines) is 1. The quantitative estimate of drug-likeness (QED) is 0.844. The van der Waals surface area contributed by atoms with Gasteiger partial charge in [-0.05, 0) is 32.0 Å². The van der Waals surface area contributed by atoms with Crippen molar-refractivity contribution in [2.45, 2.75) is 25.4 Å². The molecule has 2 N–H and O–H groups in total. The minimum Gasteiger partial charge on any atom is -0.328 e. The second-order valence-electron chi connectivity index (χ2n) is 4.50. The summed E-state index contributed by atoms with van der Waals surface area (Å²) in [5.74, 6) is -0.384. The van der Waals surface area contributed by atoms with Gasteiger partial charge in [0.05, 0.1) is 5.56 Å². The lowest BCUT2D eigenvalue weighted by molar-refractivity contribution is 0.203. The van der Waals surface area contributed by atoms with Gasteiger partial charge in [-0.2, -0.15) is 5.26 Å². The number of halogens is 1. The molecule has 0 aromatic heterocycles. The van der Waals surface area contributed by atoms with Gasteiger partial charge in [0.1, 0.15) is 11.9 Å². The Morgan fingerprint density at radius 2 is 2.12 bits per heavy atom. The minimum atomic E-state index is -0.384. The van der Waals surface area contributed by atoms with Crippen LogP contribution < -0.4 is 5.73 Å². The van der Waals surface area contributed by atoms with E-state index in [1.807, 2.05) is 6.07 Å². The average Bonchev–Trinajstić information content (AvgIpc) is 2.35. The lowest BCUT2D eigenvalue weighted by atomic mass is 10.0. The first-order valence-corrected chi connectivity index (χ1v) is 5.86. The number of benzene rings is 1. The SMILES string of the molecule is N#Cc1cccc(CN2CCC(N)CC2)c1F. The van der Waals surface area contributed by atoms with Crippen LogP contribution in [0.4, 0.5) is 4.39 Å². The van der Waals surface area contributed by atoms with Gasteiger partial charge in [0.25, 0.3) is 0 Å². The first-order chi connectivity index (χ1) is 8.20. The molecule has 0 spiro atoms. The summed E-state index contributed by atoms with van der Waals surface area (Å²) in [6, 6.07) is 7.12. The Labute approximate surface area is 101 Å². The average molecular weight is 233 g/mol. The summed E-state index contributed by atoms with van der Waals surface area (Å²) in [6.45, 7) is 2.36. The summed E-state index contributed by atoms with van der Waals surface area (Å²) in [5, 5.41) is 8.76. The van der Waals surface area contributed by atoms with Crippen LogP contribution in [0.3, 0.4) is 0 Å². The van der Waals surface area contributed by atoms with E-state index in [1.54, 1.807) is 12.1 Å². The third-order valence-electron chi connectivity index (χ3n) is 3.23. The zero-order chi connectivity index (χ0) is 12.3. The smallest absolute Gasteiger partial charge is 0.145 e. The fourth-order valence-corrected chi connectivity index (χ4v) is 2.14. The minimum absolute atomic E-state index is 0.121. The second-order valence-corrected chi connectivity index (χ2v) is 4.50. The first kappa shape index (κ1) is 12.0.